The Hall–Kier alpha value is -0.570. The van der Waals surface area contributed by atoms with Crippen LogP contribution in [-0.4, -0.2) is 24.5 Å². The van der Waals surface area contributed by atoms with Crippen LogP contribution in [0.15, 0.2) is 0 Å². The maximum Gasteiger partial charge on any atom is 0.217 e. The lowest BCUT2D eigenvalue weighted by Gasteiger charge is -2.40. The molecule has 0 spiro atoms. The molecule has 1 saturated heterocycles. The second-order valence-corrected chi connectivity index (χ2v) is 7.10. The first-order valence-electron chi connectivity index (χ1n) is 8.39. The maximum atomic E-state index is 11.4. The van der Waals surface area contributed by atoms with Crippen LogP contribution >= 0.6 is 0 Å². The molecule has 0 aromatic rings. The van der Waals surface area contributed by atoms with Gasteiger partial charge in [-0.2, -0.15) is 0 Å². The van der Waals surface area contributed by atoms with E-state index in [1.807, 2.05) is 0 Å². The highest BCUT2D eigenvalue weighted by atomic mass is 16.1. The molecule has 1 aliphatic rings. The summed E-state index contributed by atoms with van der Waals surface area (Å²) in [5, 5.41) is 6.61. The molecule has 1 heterocycles. The van der Waals surface area contributed by atoms with E-state index in [1.165, 1.54) is 25.7 Å². The van der Waals surface area contributed by atoms with Gasteiger partial charge in [0.05, 0.1) is 0 Å². The Labute approximate surface area is 125 Å². The lowest BCUT2D eigenvalue weighted by molar-refractivity contribution is -0.120. The Kier molecular flexibility index (Phi) is 7.01. The Balaban J connectivity index is 2.78. The van der Waals surface area contributed by atoms with Crippen molar-refractivity contribution in [2.24, 2.45) is 17.8 Å². The molecule has 118 valence electrons. The summed E-state index contributed by atoms with van der Waals surface area (Å²) in [7, 11) is 0. The molecule has 1 rings (SSSR count). The van der Waals surface area contributed by atoms with Crippen molar-refractivity contribution in [3.63, 3.8) is 0 Å². The summed E-state index contributed by atoms with van der Waals surface area (Å²) in [6.45, 7) is 12.9. The predicted molar refractivity (Wildman–Crippen MR) is 85.7 cm³/mol. The third-order valence-corrected chi connectivity index (χ3v) is 4.90. The molecule has 0 bridgehead atoms. The van der Waals surface area contributed by atoms with E-state index in [1.54, 1.807) is 6.92 Å². The van der Waals surface area contributed by atoms with Crippen molar-refractivity contribution < 1.29 is 4.79 Å². The second kappa shape index (κ2) is 8.02. The number of carbonyl (C=O) groups is 1. The van der Waals surface area contributed by atoms with Crippen LogP contribution in [-0.2, 0) is 4.79 Å². The molecule has 1 fully saturated rings. The highest BCUT2D eigenvalue weighted by Crippen LogP contribution is 2.37. The molecule has 3 nitrogen and oxygen atoms in total. The van der Waals surface area contributed by atoms with Gasteiger partial charge in [0.2, 0.25) is 5.91 Å². The fraction of sp³-hybridized carbons (Fsp3) is 0.941. The third-order valence-electron chi connectivity index (χ3n) is 4.90. The number of carbonyl (C=O) groups excluding carboxylic acids is 1. The summed E-state index contributed by atoms with van der Waals surface area (Å²) in [6, 6.07) is 0. The molecule has 0 unspecified atom stereocenters. The van der Waals surface area contributed by atoms with Gasteiger partial charge in [-0.15, -0.1) is 0 Å². The van der Waals surface area contributed by atoms with Crippen molar-refractivity contribution in [1.29, 1.82) is 0 Å². The maximum absolute atomic E-state index is 11.4. The Bertz CT molecular complexity index is 291. The van der Waals surface area contributed by atoms with E-state index in [9.17, 15) is 4.79 Å². The molecular weight excluding hydrogens is 248 g/mol. The van der Waals surface area contributed by atoms with Gasteiger partial charge in [0.15, 0.2) is 0 Å². The lowest BCUT2D eigenvalue weighted by atomic mass is 9.70. The van der Waals surface area contributed by atoms with Crippen LogP contribution < -0.4 is 10.6 Å². The zero-order valence-electron chi connectivity index (χ0n) is 14.1. The van der Waals surface area contributed by atoms with Gasteiger partial charge in [-0.05, 0) is 64.0 Å². The van der Waals surface area contributed by atoms with Crippen LogP contribution in [0.3, 0.4) is 0 Å². The molecule has 20 heavy (non-hydrogen) atoms. The van der Waals surface area contributed by atoms with Crippen molar-refractivity contribution in [2.75, 3.05) is 13.1 Å². The fourth-order valence-electron chi connectivity index (χ4n) is 4.00. The van der Waals surface area contributed by atoms with Crippen molar-refractivity contribution in [1.82, 2.24) is 10.6 Å². The summed E-state index contributed by atoms with van der Waals surface area (Å²) in [5.41, 5.74) is -0.0933. The van der Waals surface area contributed by atoms with Crippen LogP contribution in [0.5, 0.6) is 0 Å². The number of amides is 1. The van der Waals surface area contributed by atoms with Gasteiger partial charge in [-0.1, -0.05) is 26.7 Å². The molecule has 0 radical (unpaired) electrons. The van der Waals surface area contributed by atoms with Gasteiger partial charge >= 0.3 is 0 Å². The Morgan fingerprint density at radius 3 is 2.25 bits per heavy atom. The summed E-state index contributed by atoms with van der Waals surface area (Å²) < 4.78 is 0. The third kappa shape index (κ3) is 5.43. The minimum atomic E-state index is -0.0933. The van der Waals surface area contributed by atoms with E-state index >= 15 is 0 Å². The van der Waals surface area contributed by atoms with E-state index in [0.717, 1.165) is 37.3 Å². The highest BCUT2D eigenvalue weighted by Gasteiger charge is 2.33. The Morgan fingerprint density at radius 2 is 1.80 bits per heavy atom. The first-order chi connectivity index (χ1) is 9.39. The molecule has 1 amide bonds. The van der Waals surface area contributed by atoms with Gasteiger partial charge in [0.1, 0.15) is 0 Å². The van der Waals surface area contributed by atoms with E-state index in [4.69, 9.17) is 0 Å². The summed E-state index contributed by atoms with van der Waals surface area (Å²) >= 11 is 0. The lowest BCUT2D eigenvalue weighted by Crippen LogP contribution is -2.46. The smallest absolute Gasteiger partial charge is 0.217 e. The largest absolute Gasteiger partial charge is 0.351 e. The average molecular weight is 282 g/mol. The first-order valence-corrected chi connectivity index (χ1v) is 8.39. The van der Waals surface area contributed by atoms with Crippen molar-refractivity contribution in [2.45, 2.75) is 72.3 Å². The highest BCUT2D eigenvalue weighted by molar-refractivity contribution is 5.73. The van der Waals surface area contributed by atoms with Crippen LogP contribution in [0.1, 0.15) is 66.7 Å². The normalized spacial score (nSPS) is 19.1. The molecule has 0 aliphatic carbocycles. The summed E-state index contributed by atoms with van der Waals surface area (Å²) in [5.74, 6) is 2.41. The number of hydrogen-bond donors (Lipinski definition) is 2. The summed E-state index contributed by atoms with van der Waals surface area (Å²) in [6.07, 6.45) is 6.18. The fourth-order valence-corrected chi connectivity index (χ4v) is 4.00. The van der Waals surface area contributed by atoms with Gasteiger partial charge in [0, 0.05) is 12.5 Å². The number of piperidine rings is 1. The zero-order chi connectivity index (χ0) is 15.2. The molecular formula is C17H34N2O. The van der Waals surface area contributed by atoms with Crippen molar-refractivity contribution in [3.05, 3.63) is 0 Å². The van der Waals surface area contributed by atoms with E-state index in [0.29, 0.717) is 0 Å². The van der Waals surface area contributed by atoms with E-state index in [2.05, 4.69) is 38.3 Å². The molecule has 2 N–H and O–H groups in total. The molecule has 1 aliphatic heterocycles. The monoisotopic (exact) mass is 282 g/mol. The molecule has 0 saturated carbocycles. The van der Waals surface area contributed by atoms with Crippen LogP contribution in [0, 0.1) is 17.8 Å². The second-order valence-electron chi connectivity index (χ2n) is 7.10. The SMILES string of the molecule is CCC(CC)[C@@H](CC(C)(C)NC(C)=O)C1CCNCC1. The van der Waals surface area contributed by atoms with Crippen LogP contribution in [0.25, 0.3) is 0 Å². The quantitative estimate of drug-likeness (QED) is 0.752. The number of rotatable bonds is 7. The first kappa shape index (κ1) is 17.5. The van der Waals surface area contributed by atoms with Crippen molar-refractivity contribution >= 4 is 5.91 Å². The zero-order valence-corrected chi connectivity index (χ0v) is 14.1. The minimum absolute atomic E-state index is 0.0867. The van der Waals surface area contributed by atoms with Crippen LogP contribution in [0.4, 0.5) is 0 Å². The van der Waals surface area contributed by atoms with Gasteiger partial charge in [0.25, 0.3) is 0 Å². The van der Waals surface area contributed by atoms with E-state index < -0.39 is 0 Å². The molecule has 3 heteroatoms. The molecule has 0 aromatic heterocycles. The minimum Gasteiger partial charge on any atom is -0.351 e. The van der Waals surface area contributed by atoms with Crippen molar-refractivity contribution in [3.8, 4) is 0 Å². The molecule has 1 atom stereocenters. The number of nitrogens with one attached hydrogen (secondary N) is 2. The standard InChI is InChI=1S/C17H34N2O/c1-6-14(7-2)16(15-8-10-18-11-9-15)12-17(4,5)19-13(3)20/h14-16,18H,6-12H2,1-5H3,(H,19,20)/t16-/m1/s1. The summed E-state index contributed by atoms with van der Waals surface area (Å²) in [4.78, 5) is 11.4. The van der Waals surface area contributed by atoms with Crippen LogP contribution in [0.2, 0.25) is 0 Å². The number of hydrogen-bond acceptors (Lipinski definition) is 2. The predicted octanol–water partition coefficient (Wildman–Crippen LogP) is 3.34. The van der Waals surface area contributed by atoms with Gasteiger partial charge in [-0.3, -0.25) is 4.79 Å². The topological polar surface area (TPSA) is 41.1 Å². The van der Waals surface area contributed by atoms with E-state index in [-0.39, 0.29) is 11.4 Å². The average Bonchev–Trinajstić information content (AvgIpc) is 2.38. The molecule has 0 aromatic carbocycles. The van der Waals surface area contributed by atoms with Gasteiger partial charge < -0.3 is 10.6 Å². The van der Waals surface area contributed by atoms with Gasteiger partial charge in [-0.25, -0.2) is 0 Å². The Morgan fingerprint density at radius 1 is 1.25 bits per heavy atom.